The first-order chi connectivity index (χ1) is 18.5. The molecule has 184 valence electrons. The van der Waals surface area contributed by atoms with Gasteiger partial charge in [0.15, 0.2) is 0 Å². The summed E-state index contributed by atoms with van der Waals surface area (Å²) < 4.78 is 9.05. The third-order valence-corrected chi connectivity index (χ3v) is 9.68. The Morgan fingerprint density at radius 2 is 1.13 bits per heavy atom. The Bertz CT molecular complexity index is 1710. The van der Waals surface area contributed by atoms with Crippen molar-refractivity contribution in [3.8, 4) is 28.4 Å². The zero-order valence-electron chi connectivity index (χ0n) is 21.1. The van der Waals surface area contributed by atoms with E-state index in [1.54, 1.807) is 12.1 Å². The quantitative estimate of drug-likeness (QED) is 0.292. The van der Waals surface area contributed by atoms with Crippen LogP contribution in [0.4, 0.5) is 0 Å². The van der Waals surface area contributed by atoms with Gasteiger partial charge in [0.25, 0.3) is 0 Å². The van der Waals surface area contributed by atoms with Gasteiger partial charge in [-0.1, -0.05) is 84.9 Å². The van der Waals surface area contributed by atoms with Crippen LogP contribution in [0.1, 0.15) is 11.4 Å². The number of pyridine rings is 2. The highest BCUT2D eigenvalue weighted by Gasteiger charge is 2.35. The molecule has 0 aliphatic carbocycles. The number of aromatic nitrogens is 2. The molecule has 38 heavy (non-hydrogen) atoms. The second kappa shape index (κ2) is 9.83. The molecule has 0 fully saturated rings. The van der Waals surface area contributed by atoms with Crippen molar-refractivity contribution in [3.05, 3.63) is 115 Å². The van der Waals surface area contributed by atoms with Gasteiger partial charge in [0.1, 0.15) is 22.5 Å². The van der Waals surface area contributed by atoms with Crippen molar-refractivity contribution in [2.75, 3.05) is 0 Å². The molecular formula is C32H25AlN2O3. The van der Waals surface area contributed by atoms with Crippen molar-refractivity contribution < 1.29 is 14.0 Å². The van der Waals surface area contributed by atoms with E-state index in [-0.39, 0.29) is 11.5 Å². The van der Waals surface area contributed by atoms with Gasteiger partial charge in [0, 0.05) is 27.7 Å². The van der Waals surface area contributed by atoms with Crippen LogP contribution in [0.2, 0.25) is 0 Å². The second-order valence-electron chi connectivity index (χ2n) is 9.38. The lowest BCUT2D eigenvalue weighted by Crippen LogP contribution is -2.50. The highest BCUT2D eigenvalue weighted by Crippen LogP contribution is 2.31. The molecule has 2 aromatic heterocycles. The van der Waals surface area contributed by atoms with Crippen LogP contribution >= 0.6 is 0 Å². The van der Waals surface area contributed by atoms with Gasteiger partial charge < -0.3 is 14.0 Å². The summed E-state index contributed by atoms with van der Waals surface area (Å²) in [6, 6.07) is 33.3. The Hall–Kier alpha value is -4.37. The number of fused-ring (bicyclic) bond motifs is 2. The molecule has 5 nitrogen and oxygen atoms in total. The number of para-hydroxylation sites is 3. The number of aromatic hydroxyl groups is 2. The topological polar surface area (TPSA) is 75.5 Å². The van der Waals surface area contributed by atoms with Crippen molar-refractivity contribution in [3.63, 3.8) is 0 Å². The molecule has 0 bridgehead atoms. The summed E-state index contributed by atoms with van der Waals surface area (Å²) >= 11 is -2.44. The first-order valence-electron chi connectivity index (χ1n) is 12.5. The normalized spacial score (nSPS) is 11.1. The molecule has 0 spiro atoms. The van der Waals surface area contributed by atoms with Crippen molar-refractivity contribution in [2.45, 2.75) is 13.8 Å². The smallest absolute Gasteiger partial charge is 0.634 e. The van der Waals surface area contributed by atoms with Crippen LogP contribution in [0.5, 0.6) is 17.2 Å². The van der Waals surface area contributed by atoms with E-state index < -0.39 is 14.5 Å². The van der Waals surface area contributed by atoms with E-state index in [1.807, 2.05) is 74.5 Å². The summed E-state index contributed by atoms with van der Waals surface area (Å²) in [6.45, 7) is 3.92. The summed E-state index contributed by atoms with van der Waals surface area (Å²) in [5.74, 6) is 1.11. The first kappa shape index (κ1) is 24.0. The van der Waals surface area contributed by atoms with Gasteiger partial charge in [-0.05, 0) is 46.5 Å². The van der Waals surface area contributed by atoms with Crippen LogP contribution in [0.15, 0.2) is 103 Å². The average Bonchev–Trinajstić information content (AvgIpc) is 2.93. The molecule has 0 unspecified atom stereocenters. The number of phenolic OH excluding ortho intramolecular Hbond substituents is 2. The van der Waals surface area contributed by atoms with Crippen LogP contribution in [0.3, 0.4) is 0 Å². The van der Waals surface area contributed by atoms with Gasteiger partial charge >= 0.3 is 14.5 Å². The average molecular weight is 513 g/mol. The molecule has 2 N–H and O–H groups in total. The van der Waals surface area contributed by atoms with Crippen molar-refractivity contribution in [1.82, 2.24) is 9.97 Å². The van der Waals surface area contributed by atoms with Gasteiger partial charge in [-0.3, -0.25) is 9.97 Å². The second-order valence-corrected chi connectivity index (χ2v) is 11.6. The molecule has 6 rings (SSSR count). The standard InChI is InChI=1S/C12H10O.2C10H8NO.Al/c13-12-9-5-4-8-11(12)10-6-2-1-3-7-10;2*1-7-5-6-8-3-2-4-9(12)10(8)11-7;/h1-9,13H;2*2-4,6,12H,1H3;/q;;;+1/p-1. The number of benzene rings is 4. The highest BCUT2D eigenvalue weighted by atomic mass is 27.2. The molecule has 0 aliphatic rings. The number of nitrogens with zero attached hydrogens (tertiary/aromatic N) is 2. The Morgan fingerprint density at radius 3 is 1.71 bits per heavy atom. The molecule has 0 aliphatic heterocycles. The molecule has 2 heterocycles. The molecule has 0 atom stereocenters. The summed E-state index contributed by atoms with van der Waals surface area (Å²) in [5, 5.41) is 22.5. The third kappa shape index (κ3) is 4.35. The molecule has 0 saturated heterocycles. The van der Waals surface area contributed by atoms with Gasteiger partial charge in [0.05, 0.1) is 5.75 Å². The van der Waals surface area contributed by atoms with E-state index in [9.17, 15) is 10.2 Å². The maximum absolute atomic E-state index is 10.4. The predicted molar refractivity (Wildman–Crippen MR) is 154 cm³/mol. The molecule has 0 saturated carbocycles. The van der Waals surface area contributed by atoms with E-state index in [0.717, 1.165) is 47.9 Å². The minimum atomic E-state index is -2.44. The molecule has 0 amide bonds. The zero-order valence-corrected chi connectivity index (χ0v) is 22.2. The minimum absolute atomic E-state index is 0.157. The fourth-order valence-electron chi connectivity index (χ4n) is 4.96. The van der Waals surface area contributed by atoms with Gasteiger partial charge in [-0.15, -0.1) is 0 Å². The Morgan fingerprint density at radius 1 is 0.605 bits per heavy atom. The number of hydrogen-bond donors (Lipinski definition) is 2. The number of hydrogen-bond acceptors (Lipinski definition) is 5. The van der Waals surface area contributed by atoms with Crippen molar-refractivity contribution >= 4 is 45.1 Å². The van der Waals surface area contributed by atoms with E-state index >= 15 is 0 Å². The molecule has 6 heteroatoms. The summed E-state index contributed by atoms with van der Waals surface area (Å²) in [5.41, 5.74) is 4.85. The fourth-order valence-corrected chi connectivity index (χ4v) is 7.56. The molecule has 0 radical (unpaired) electrons. The summed E-state index contributed by atoms with van der Waals surface area (Å²) in [6.07, 6.45) is 0. The maximum atomic E-state index is 10.4. The van der Waals surface area contributed by atoms with Crippen LogP contribution < -0.4 is 12.6 Å². The van der Waals surface area contributed by atoms with Crippen LogP contribution in [0, 0.1) is 13.8 Å². The van der Waals surface area contributed by atoms with Gasteiger partial charge in [-0.2, -0.15) is 0 Å². The largest absolute Gasteiger partial charge is 0.636 e. The summed E-state index contributed by atoms with van der Waals surface area (Å²) in [4.78, 5) is 9.59. The maximum Gasteiger partial charge on any atom is 0.634 e. The Labute approximate surface area is 225 Å². The van der Waals surface area contributed by atoms with Crippen molar-refractivity contribution in [1.29, 1.82) is 0 Å². The Balaban J connectivity index is 1.58. The lowest BCUT2D eigenvalue weighted by atomic mass is 10.1. The van der Waals surface area contributed by atoms with Crippen molar-refractivity contribution in [2.24, 2.45) is 0 Å². The van der Waals surface area contributed by atoms with Crippen LogP contribution in [-0.2, 0) is 0 Å². The third-order valence-electron chi connectivity index (χ3n) is 6.89. The van der Waals surface area contributed by atoms with E-state index in [1.165, 1.54) is 0 Å². The number of phenols is 2. The monoisotopic (exact) mass is 512 g/mol. The van der Waals surface area contributed by atoms with E-state index in [0.29, 0.717) is 11.0 Å². The van der Waals surface area contributed by atoms with E-state index in [4.69, 9.17) is 13.8 Å². The minimum Gasteiger partial charge on any atom is -0.636 e. The van der Waals surface area contributed by atoms with Crippen LogP contribution in [0.25, 0.3) is 32.9 Å². The lowest BCUT2D eigenvalue weighted by molar-refractivity contribution is 0.480. The number of rotatable bonds is 5. The predicted octanol–water partition coefficient (Wildman–Crippen LogP) is 5.66. The first-order valence-corrected chi connectivity index (χ1v) is 14.1. The van der Waals surface area contributed by atoms with Gasteiger partial charge in [-0.25, -0.2) is 0 Å². The lowest BCUT2D eigenvalue weighted by Gasteiger charge is -2.22. The molecular weight excluding hydrogens is 487 g/mol. The summed E-state index contributed by atoms with van der Waals surface area (Å²) in [7, 11) is 0. The van der Waals surface area contributed by atoms with Gasteiger partial charge in [0.2, 0.25) is 0 Å². The zero-order chi connectivity index (χ0) is 26.2. The number of aryl methyl sites for hydroxylation is 2. The highest BCUT2D eigenvalue weighted by molar-refractivity contribution is 6.81. The molecule has 4 aromatic carbocycles. The van der Waals surface area contributed by atoms with E-state index in [2.05, 4.69) is 30.3 Å². The SMILES string of the molecule is Cc1nc2c(O)cccc2c[c]1[Al]([O]c1ccccc1-c1ccccc1)[c]1cc2cccc(O)c2nc1C. The fraction of sp³-hybridized carbons (Fsp3) is 0.0625. The van der Waals surface area contributed by atoms with Crippen LogP contribution in [-0.4, -0.2) is 34.7 Å². The Kier molecular flexibility index (Phi) is 6.21. The molecule has 6 aromatic rings.